The van der Waals surface area contributed by atoms with E-state index in [1.807, 2.05) is 31.2 Å². The van der Waals surface area contributed by atoms with Crippen LogP contribution in [-0.4, -0.2) is 23.5 Å². The maximum atomic E-state index is 12.4. The summed E-state index contributed by atoms with van der Waals surface area (Å²) >= 11 is 0. The molecule has 0 unspecified atom stereocenters. The topological polar surface area (TPSA) is 86.0 Å². The van der Waals surface area contributed by atoms with Gasteiger partial charge in [-0.2, -0.15) is 0 Å². The molecule has 26 heavy (non-hydrogen) atoms. The van der Waals surface area contributed by atoms with E-state index < -0.39 is 0 Å². The van der Waals surface area contributed by atoms with E-state index in [9.17, 15) is 9.59 Å². The van der Waals surface area contributed by atoms with Crippen molar-refractivity contribution in [2.75, 3.05) is 17.2 Å². The molecule has 132 valence electrons. The second kappa shape index (κ2) is 7.57. The van der Waals surface area contributed by atoms with Crippen LogP contribution in [0.5, 0.6) is 0 Å². The van der Waals surface area contributed by atoms with Gasteiger partial charge in [0.25, 0.3) is 5.91 Å². The van der Waals surface area contributed by atoms with Crippen LogP contribution in [0.4, 0.5) is 16.2 Å². The number of aromatic amines is 1. The van der Waals surface area contributed by atoms with Crippen molar-refractivity contribution in [2.45, 2.75) is 6.92 Å². The van der Waals surface area contributed by atoms with Crippen LogP contribution < -0.4 is 16.0 Å². The molecule has 0 fully saturated rings. The summed E-state index contributed by atoms with van der Waals surface area (Å²) in [6.07, 6.45) is 1.60. The molecule has 2 aromatic carbocycles. The van der Waals surface area contributed by atoms with E-state index >= 15 is 0 Å². The van der Waals surface area contributed by atoms with Crippen LogP contribution in [0, 0.1) is 6.92 Å². The normalized spacial score (nSPS) is 10.3. The number of rotatable bonds is 5. The molecule has 3 aromatic rings. The second-order valence-corrected chi connectivity index (χ2v) is 5.93. The number of hydrogen-bond acceptors (Lipinski definition) is 2. The summed E-state index contributed by atoms with van der Waals surface area (Å²) in [7, 11) is 0. The molecule has 0 aliphatic heterocycles. The predicted octanol–water partition coefficient (Wildman–Crippen LogP) is 4.04. The maximum Gasteiger partial charge on any atom is 0.319 e. The molecule has 6 nitrogen and oxygen atoms in total. The first-order valence-electron chi connectivity index (χ1n) is 8.22. The van der Waals surface area contributed by atoms with Crippen LogP contribution in [0.25, 0.3) is 10.9 Å². The fraction of sp³-hybridized carbons (Fsp3) is 0.100. The minimum absolute atomic E-state index is 0.219. The Morgan fingerprint density at radius 1 is 1.04 bits per heavy atom. The predicted molar refractivity (Wildman–Crippen MR) is 105 cm³/mol. The number of anilines is 2. The van der Waals surface area contributed by atoms with Gasteiger partial charge >= 0.3 is 6.03 Å². The minimum atomic E-state index is -0.310. The lowest BCUT2D eigenvalue weighted by Crippen LogP contribution is -2.28. The number of amides is 3. The quantitative estimate of drug-likeness (QED) is 0.525. The van der Waals surface area contributed by atoms with E-state index in [0.29, 0.717) is 23.6 Å². The van der Waals surface area contributed by atoms with E-state index in [2.05, 4.69) is 27.5 Å². The van der Waals surface area contributed by atoms with Gasteiger partial charge in [0.15, 0.2) is 0 Å². The first-order chi connectivity index (χ1) is 12.5. The van der Waals surface area contributed by atoms with Crippen LogP contribution in [-0.2, 0) is 0 Å². The van der Waals surface area contributed by atoms with Gasteiger partial charge in [0, 0.05) is 28.8 Å². The summed E-state index contributed by atoms with van der Waals surface area (Å²) in [6, 6.07) is 14.4. The molecule has 0 radical (unpaired) electrons. The highest BCUT2D eigenvalue weighted by molar-refractivity contribution is 6.06. The van der Waals surface area contributed by atoms with Gasteiger partial charge < -0.3 is 20.9 Å². The van der Waals surface area contributed by atoms with Gasteiger partial charge in [-0.3, -0.25) is 4.79 Å². The van der Waals surface area contributed by atoms with Crippen LogP contribution in [0.3, 0.4) is 0 Å². The van der Waals surface area contributed by atoms with Crippen molar-refractivity contribution in [2.24, 2.45) is 0 Å². The third kappa shape index (κ3) is 4.10. The molecule has 0 saturated heterocycles. The molecule has 3 rings (SSSR count). The molecular weight excluding hydrogens is 328 g/mol. The Bertz CT molecular complexity index is 958. The second-order valence-electron chi connectivity index (χ2n) is 5.93. The van der Waals surface area contributed by atoms with Crippen molar-refractivity contribution in [3.8, 4) is 0 Å². The van der Waals surface area contributed by atoms with Gasteiger partial charge in [-0.25, -0.2) is 4.79 Å². The summed E-state index contributed by atoms with van der Waals surface area (Å²) in [5, 5.41) is 9.15. The van der Waals surface area contributed by atoms with Gasteiger partial charge in [-0.1, -0.05) is 18.2 Å². The molecular formula is C20H20N4O2. The van der Waals surface area contributed by atoms with Crippen LogP contribution in [0.1, 0.15) is 16.1 Å². The number of aromatic nitrogens is 1. The Morgan fingerprint density at radius 3 is 2.42 bits per heavy atom. The highest BCUT2D eigenvalue weighted by atomic mass is 16.2. The number of urea groups is 1. The third-order valence-electron chi connectivity index (χ3n) is 3.83. The van der Waals surface area contributed by atoms with Crippen LogP contribution in [0.15, 0.2) is 61.2 Å². The molecule has 0 spiro atoms. The monoisotopic (exact) mass is 348 g/mol. The highest BCUT2D eigenvalue weighted by Gasteiger charge is 2.10. The molecule has 0 bridgehead atoms. The van der Waals surface area contributed by atoms with E-state index in [4.69, 9.17) is 0 Å². The summed E-state index contributed by atoms with van der Waals surface area (Å²) in [5.74, 6) is -0.219. The minimum Gasteiger partial charge on any atom is -0.351 e. The van der Waals surface area contributed by atoms with Crippen LogP contribution >= 0.6 is 0 Å². The van der Waals surface area contributed by atoms with E-state index in [1.165, 1.54) is 0 Å². The largest absolute Gasteiger partial charge is 0.351 e. The number of aryl methyl sites for hydroxylation is 1. The van der Waals surface area contributed by atoms with E-state index in [1.54, 1.807) is 30.3 Å². The molecule has 4 N–H and O–H groups in total. The summed E-state index contributed by atoms with van der Waals surface area (Å²) in [6.45, 7) is 5.94. The van der Waals surface area contributed by atoms with Gasteiger partial charge in [0.1, 0.15) is 5.69 Å². The van der Waals surface area contributed by atoms with Crippen molar-refractivity contribution in [1.82, 2.24) is 10.3 Å². The first-order valence-corrected chi connectivity index (χ1v) is 8.22. The number of carbonyl (C=O) groups excluding carboxylic acids is 2. The summed E-state index contributed by atoms with van der Waals surface area (Å²) in [4.78, 5) is 27.1. The van der Waals surface area contributed by atoms with Crippen LogP contribution in [0.2, 0.25) is 0 Å². The number of fused-ring (bicyclic) bond motifs is 1. The molecule has 6 heteroatoms. The lowest BCUT2D eigenvalue weighted by atomic mass is 10.2. The van der Waals surface area contributed by atoms with Crippen molar-refractivity contribution in [3.05, 3.63) is 72.4 Å². The maximum absolute atomic E-state index is 12.4. The Hall–Kier alpha value is -3.54. The Labute approximate surface area is 151 Å². The van der Waals surface area contributed by atoms with Gasteiger partial charge in [0.05, 0.1) is 0 Å². The SMILES string of the molecule is C=CCNC(=O)Nc1ccc(NC(=O)c2cc3ccc(C)cc3[nH]2)cc1. The Balaban J connectivity index is 1.65. The highest BCUT2D eigenvalue weighted by Crippen LogP contribution is 2.19. The fourth-order valence-corrected chi connectivity index (χ4v) is 2.54. The van der Waals surface area contributed by atoms with Crippen molar-refractivity contribution < 1.29 is 9.59 Å². The lowest BCUT2D eigenvalue weighted by molar-refractivity contribution is 0.102. The molecule has 0 aliphatic carbocycles. The molecule has 0 saturated carbocycles. The molecule has 0 aliphatic rings. The number of hydrogen-bond donors (Lipinski definition) is 4. The van der Waals surface area contributed by atoms with Gasteiger partial charge in [-0.05, 0) is 48.9 Å². The molecule has 3 amide bonds. The number of nitrogens with one attached hydrogen (secondary N) is 4. The van der Waals surface area contributed by atoms with Gasteiger partial charge in [0.2, 0.25) is 0 Å². The molecule has 1 heterocycles. The summed E-state index contributed by atoms with van der Waals surface area (Å²) in [5.41, 5.74) is 3.83. The summed E-state index contributed by atoms with van der Waals surface area (Å²) < 4.78 is 0. The van der Waals surface area contributed by atoms with Gasteiger partial charge in [-0.15, -0.1) is 6.58 Å². The number of benzene rings is 2. The lowest BCUT2D eigenvalue weighted by Gasteiger charge is -2.08. The zero-order valence-electron chi connectivity index (χ0n) is 14.4. The molecule has 0 atom stereocenters. The fourth-order valence-electron chi connectivity index (χ4n) is 2.54. The molecule has 1 aromatic heterocycles. The van der Waals surface area contributed by atoms with Crippen molar-refractivity contribution in [3.63, 3.8) is 0 Å². The zero-order valence-corrected chi connectivity index (χ0v) is 14.4. The number of H-pyrrole nitrogens is 1. The average Bonchev–Trinajstić information content (AvgIpc) is 3.05. The van der Waals surface area contributed by atoms with Crippen molar-refractivity contribution >= 4 is 34.2 Å². The Morgan fingerprint density at radius 2 is 1.73 bits per heavy atom. The zero-order chi connectivity index (χ0) is 18.5. The number of carbonyl (C=O) groups is 2. The third-order valence-corrected chi connectivity index (χ3v) is 3.83. The smallest absolute Gasteiger partial charge is 0.319 e. The van der Waals surface area contributed by atoms with Crippen molar-refractivity contribution in [1.29, 1.82) is 0 Å². The average molecular weight is 348 g/mol. The standard InChI is InChI=1S/C20H20N4O2/c1-3-10-21-20(26)23-16-8-6-15(7-9-16)22-19(25)18-12-14-5-4-13(2)11-17(14)24-18/h3-9,11-12,24H,1,10H2,2H3,(H,22,25)(H2,21,23,26). The van der Waals surface area contributed by atoms with E-state index in [0.717, 1.165) is 16.5 Å². The van der Waals surface area contributed by atoms with E-state index in [-0.39, 0.29) is 11.9 Å². The Kier molecular flexibility index (Phi) is 5.03. The first kappa shape index (κ1) is 17.3.